The minimum atomic E-state index is -4.14. The lowest BCUT2D eigenvalue weighted by Crippen LogP contribution is -2.18. The second-order valence-electron chi connectivity index (χ2n) is 1.50. The zero-order valence-electron chi connectivity index (χ0n) is 4.51. The molecular weight excluding hydrogens is 147 g/mol. The molecule has 1 atom stereocenters. The highest BCUT2D eigenvalue weighted by Crippen LogP contribution is 2.48. The van der Waals surface area contributed by atoms with Crippen LogP contribution >= 0.6 is 7.94 Å². The van der Waals surface area contributed by atoms with E-state index in [9.17, 15) is 4.79 Å². The van der Waals surface area contributed by atoms with Crippen LogP contribution in [0, 0.1) is 0 Å². The van der Waals surface area contributed by atoms with Crippen LogP contribution in [0.1, 0.15) is 0 Å². The van der Waals surface area contributed by atoms with Crippen LogP contribution in [0.2, 0.25) is 0 Å². The number of aldehydes is 1. The SMILES string of the molecule is O=CC(CO)[P+](O)(O)O. The summed E-state index contributed by atoms with van der Waals surface area (Å²) in [6, 6.07) is 0. The van der Waals surface area contributed by atoms with Gasteiger partial charge >= 0.3 is 7.94 Å². The fourth-order valence-electron chi connectivity index (χ4n) is 0.234. The number of hydrogen-bond acceptors (Lipinski definition) is 5. The summed E-state index contributed by atoms with van der Waals surface area (Å²) < 4.78 is 0. The third kappa shape index (κ3) is 2.84. The predicted octanol–water partition coefficient (Wildman–Crippen LogP) is -1.71. The fraction of sp³-hybridized carbons (Fsp3) is 0.667. The summed E-state index contributed by atoms with van der Waals surface area (Å²) in [6.45, 7) is -0.749. The first kappa shape index (κ1) is 8.94. The number of hydrogen-bond donors (Lipinski definition) is 4. The Balaban J connectivity index is 3.94. The summed E-state index contributed by atoms with van der Waals surface area (Å²) in [6.07, 6.45) is 0.105. The van der Waals surface area contributed by atoms with Gasteiger partial charge in [0.25, 0.3) is 0 Å². The van der Waals surface area contributed by atoms with Gasteiger partial charge in [0, 0.05) is 0 Å². The van der Waals surface area contributed by atoms with Gasteiger partial charge in [-0.1, -0.05) is 0 Å². The molecule has 6 heteroatoms. The largest absolute Gasteiger partial charge is 0.416 e. The number of carbonyl (C=O) groups is 1. The summed E-state index contributed by atoms with van der Waals surface area (Å²) in [5.41, 5.74) is -1.45. The third-order valence-electron chi connectivity index (χ3n) is 0.789. The summed E-state index contributed by atoms with van der Waals surface area (Å²) in [5.74, 6) is 0. The van der Waals surface area contributed by atoms with Crippen LogP contribution in [0.15, 0.2) is 0 Å². The van der Waals surface area contributed by atoms with Gasteiger partial charge in [-0.3, -0.25) is 4.79 Å². The van der Waals surface area contributed by atoms with Crippen molar-refractivity contribution in [1.29, 1.82) is 0 Å². The average molecular weight is 155 g/mol. The molecule has 0 fully saturated rings. The number of aliphatic hydroxyl groups is 1. The lowest BCUT2D eigenvalue weighted by molar-refractivity contribution is -0.108. The summed E-state index contributed by atoms with van der Waals surface area (Å²) in [7, 11) is -4.14. The maximum absolute atomic E-state index is 9.77. The van der Waals surface area contributed by atoms with Gasteiger partial charge in [0.05, 0.1) is 6.61 Å². The molecule has 0 amide bonds. The van der Waals surface area contributed by atoms with Crippen molar-refractivity contribution in [2.24, 2.45) is 0 Å². The van der Waals surface area contributed by atoms with Crippen LogP contribution in [0.25, 0.3) is 0 Å². The standard InChI is InChI=1S/C3H8O5P/c4-1-3(2-5)9(6,7)8/h1,3,5-8H,2H2/q+1. The highest BCUT2D eigenvalue weighted by Gasteiger charge is 2.41. The molecule has 0 aromatic rings. The van der Waals surface area contributed by atoms with Crippen LogP contribution in [-0.2, 0) is 4.79 Å². The van der Waals surface area contributed by atoms with Gasteiger partial charge in [0.1, 0.15) is 0 Å². The molecule has 54 valence electrons. The van der Waals surface area contributed by atoms with E-state index in [1.54, 1.807) is 0 Å². The Morgan fingerprint density at radius 3 is 1.89 bits per heavy atom. The van der Waals surface area contributed by atoms with Crippen LogP contribution < -0.4 is 0 Å². The van der Waals surface area contributed by atoms with Crippen molar-refractivity contribution in [2.75, 3.05) is 6.61 Å². The molecule has 0 rings (SSSR count). The van der Waals surface area contributed by atoms with Crippen molar-refractivity contribution in [2.45, 2.75) is 5.66 Å². The van der Waals surface area contributed by atoms with E-state index in [2.05, 4.69) is 0 Å². The molecule has 5 nitrogen and oxygen atoms in total. The van der Waals surface area contributed by atoms with Gasteiger partial charge in [-0.15, -0.1) is 0 Å². The van der Waals surface area contributed by atoms with Gasteiger partial charge in [0.15, 0.2) is 6.29 Å². The van der Waals surface area contributed by atoms with E-state index in [4.69, 9.17) is 19.8 Å². The first-order chi connectivity index (χ1) is 4.02. The predicted molar refractivity (Wildman–Crippen MR) is 30.5 cm³/mol. The van der Waals surface area contributed by atoms with E-state index in [-0.39, 0.29) is 6.29 Å². The van der Waals surface area contributed by atoms with Crippen molar-refractivity contribution in [3.63, 3.8) is 0 Å². The molecule has 1 unspecified atom stereocenters. The van der Waals surface area contributed by atoms with E-state index in [1.807, 2.05) is 0 Å². The molecule has 0 bridgehead atoms. The molecule has 0 heterocycles. The Morgan fingerprint density at radius 1 is 1.44 bits per heavy atom. The summed E-state index contributed by atoms with van der Waals surface area (Å²) in [4.78, 5) is 34.7. The quantitative estimate of drug-likeness (QED) is 0.287. The second kappa shape index (κ2) is 3.20. The monoisotopic (exact) mass is 155 g/mol. The van der Waals surface area contributed by atoms with E-state index in [0.717, 1.165) is 0 Å². The minimum absolute atomic E-state index is 0.105. The van der Waals surface area contributed by atoms with Gasteiger partial charge in [-0.2, -0.15) is 14.7 Å². The zero-order chi connectivity index (χ0) is 7.49. The van der Waals surface area contributed by atoms with Gasteiger partial charge in [-0.25, -0.2) is 0 Å². The first-order valence-corrected chi connectivity index (χ1v) is 3.87. The molecule has 0 aliphatic rings. The Kier molecular flexibility index (Phi) is 3.17. The number of aliphatic hydroxyl groups excluding tert-OH is 1. The van der Waals surface area contributed by atoms with E-state index >= 15 is 0 Å². The zero-order valence-corrected chi connectivity index (χ0v) is 5.40. The van der Waals surface area contributed by atoms with Crippen LogP contribution in [0.5, 0.6) is 0 Å². The van der Waals surface area contributed by atoms with Crippen LogP contribution in [0.4, 0.5) is 0 Å². The van der Waals surface area contributed by atoms with Crippen molar-refractivity contribution in [3.8, 4) is 0 Å². The minimum Gasteiger partial charge on any atom is -0.391 e. The highest BCUT2D eigenvalue weighted by molar-refractivity contribution is 7.60. The van der Waals surface area contributed by atoms with Crippen molar-refractivity contribution in [1.82, 2.24) is 0 Å². The van der Waals surface area contributed by atoms with Crippen molar-refractivity contribution >= 4 is 14.2 Å². The first-order valence-electron chi connectivity index (χ1n) is 2.15. The maximum atomic E-state index is 9.77. The molecule has 4 N–H and O–H groups in total. The Labute approximate surface area is 52.2 Å². The van der Waals surface area contributed by atoms with E-state index < -0.39 is 20.2 Å². The molecule has 0 aromatic carbocycles. The van der Waals surface area contributed by atoms with Crippen molar-refractivity contribution < 1.29 is 24.6 Å². The van der Waals surface area contributed by atoms with Gasteiger partial charge < -0.3 is 5.11 Å². The highest BCUT2D eigenvalue weighted by atomic mass is 31.2. The molecule has 0 aliphatic heterocycles. The molecule has 0 aromatic heterocycles. The topological polar surface area (TPSA) is 98.0 Å². The molecule has 0 saturated heterocycles. The lowest BCUT2D eigenvalue weighted by Gasteiger charge is -2.06. The summed E-state index contributed by atoms with van der Waals surface area (Å²) in [5, 5.41) is 8.18. The Hall–Kier alpha value is -0.0600. The normalized spacial score (nSPS) is 15.1. The van der Waals surface area contributed by atoms with Crippen LogP contribution in [-0.4, -0.2) is 38.3 Å². The van der Waals surface area contributed by atoms with Crippen molar-refractivity contribution in [3.05, 3.63) is 0 Å². The Morgan fingerprint density at radius 2 is 1.89 bits per heavy atom. The average Bonchev–Trinajstić information content (AvgIpc) is 1.65. The summed E-state index contributed by atoms with van der Waals surface area (Å²) >= 11 is 0. The number of rotatable bonds is 3. The van der Waals surface area contributed by atoms with Gasteiger partial charge in [0.2, 0.25) is 5.66 Å². The third-order valence-corrected chi connectivity index (χ3v) is 1.96. The van der Waals surface area contributed by atoms with Gasteiger partial charge in [-0.05, 0) is 0 Å². The van der Waals surface area contributed by atoms with E-state index in [1.165, 1.54) is 0 Å². The number of carbonyl (C=O) groups excluding carboxylic acids is 1. The molecule has 0 saturated carbocycles. The molecule has 0 spiro atoms. The Bertz CT molecular complexity index is 96.9. The molecular formula is C3H8O5P+. The van der Waals surface area contributed by atoms with Crippen LogP contribution in [0.3, 0.4) is 0 Å². The second-order valence-corrected chi connectivity index (χ2v) is 3.39. The smallest absolute Gasteiger partial charge is 0.391 e. The maximum Gasteiger partial charge on any atom is 0.416 e. The van der Waals surface area contributed by atoms with E-state index in [0.29, 0.717) is 0 Å². The molecule has 0 aliphatic carbocycles. The molecule has 9 heavy (non-hydrogen) atoms. The lowest BCUT2D eigenvalue weighted by atomic mass is 10.5. The molecule has 0 radical (unpaired) electrons. The fourth-order valence-corrected chi connectivity index (χ4v) is 0.617.